The number of hydrogen-bond acceptors (Lipinski definition) is 7. The van der Waals surface area contributed by atoms with Crippen LogP contribution >= 0.6 is 0 Å². The number of hydrogen-bond donors (Lipinski definition) is 0. The van der Waals surface area contributed by atoms with Gasteiger partial charge in [0.25, 0.3) is 0 Å². The average molecular weight is 488 g/mol. The molecule has 0 aliphatic rings. The Balaban J connectivity index is 1.54. The van der Waals surface area contributed by atoms with Crippen molar-refractivity contribution in [1.29, 1.82) is 0 Å². The maximum atomic E-state index is 13.3. The molecule has 0 amide bonds. The van der Waals surface area contributed by atoms with E-state index in [0.717, 1.165) is 5.56 Å². The van der Waals surface area contributed by atoms with Crippen LogP contribution < -0.4 is 19.6 Å². The molecule has 0 spiro atoms. The predicted octanol–water partition coefficient (Wildman–Crippen LogP) is 5.75. The zero-order valence-electron chi connectivity index (χ0n) is 19.8. The van der Waals surface area contributed by atoms with E-state index < -0.39 is 0 Å². The van der Waals surface area contributed by atoms with E-state index in [2.05, 4.69) is 10.0 Å². The zero-order chi connectivity index (χ0) is 25.2. The molecule has 0 saturated carbocycles. The van der Waals surface area contributed by atoms with Crippen LogP contribution in [-0.2, 0) is 11.3 Å². The summed E-state index contributed by atoms with van der Waals surface area (Å²) >= 11 is 0. The molecular weight excluding hydrogens is 462 g/mol. The van der Waals surface area contributed by atoms with Gasteiger partial charge in [0.15, 0.2) is 5.76 Å². The third kappa shape index (κ3) is 6.15. The first-order valence-corrected chi connectivity index (χ1v) is 11.3. The lowest BCUT2D eigenvalue weighted by Gasteiger charge is -2.13. The standard InChI is InChI=1S/C27H25N3O6/c1-32-22-6-4-5-19(17-22)18-35-27-25(31)23-7-2-3-8-24(23)36-26(27)20-9-11-21(12-10-20)34-16-15-33-14-13-29-30-28/h2-12,17H,13-16,18H2,1H3. The highest BCUT2D eigenvalue weighted by Gasteiger charge is 2.18. The minimum Gasteiger partial charge on any atom is -0.497 e. The Morgan fingerprint density at radius 3 is 2.56 bits per heavy atom. The van der Waals surface area contributed by atoms with Gasteiger partial charge in [-0.15, -0.1) is 0 Å². The minimum atomic E-state index is -0.243. The van der Waals surface area contributed by atoms with E-state index in [1.807, 2.05) is 42.5 Å². The Morgan fingerprint density at radius 2 is 1.75 bits per heavy atom. The summed E-state index contributed by atoms with van der Waals surface area (Å²) in [6.45, 7) is 1.50. The number of rotatable bonds is 12. The summed E-state index contributed by atoms with van der Waals surface area (Å²) in [4.78, 5) is 16.0. The van der Waals surface area contributed by atoms with E-state index in [4.69, 9.17) is 28.9 Å². The lowest BCUT2D eigenvalue weighted by Crippen LogP contribution is -2.10. The van der Waals surface area contributed by atoms with Crippen molar-refractivity contribution < 1.29 is 23.4 Å². The molecule has 184 valence electrons. The number of fused-ring (bicyclic) bond motifs is 1. The fourth-order valence-electron chi connectivity index (χ4n) is 3.54. The summed E-state index contributed by atoms with van der Waals surface area (Å²) in [6.07, 6.45) is 0. The monoisotopic (exact) mass is 487 g/mol. The summed E-state index contributed by atoms with van der Waals surface area (Å²) in [5.41, 5.74) is 10.0. The van der Waals surface area contributed by atoms with E-state index in [1.165, 1.54) is 0 Å². The molecule has 0 unspecified atom stereocenters. The molecule has 0 fully saturated rings. The largest absolute Gasteiger partial charge is 0.497 e. The summed E-state index contributed by atoms with van der Waals surface area (Å²) in [5, 5.41) is 3.85. The Hall–Kier alpha value is -4.46. The molecule has 0 aliphatic heterocycles. The number of nitrogens with zero attached hydrogens (tertiary/aromatic N) is 3. The lowest BCUT2D eigenvalue weighted by atomic mass is 10.1. The van der Waals surface area contributed by atoms with E-state index >= 15 is 0 Å². The third-order valence-corrected chi connectivity index (χ3v) is 5.29. The van der Waals surface area contributed by atoms with Gasteiger partial charge in [0.05, 0.1) is 25.7 Å². The van der Waals surface area contributed by atoms with Crippen LogP contribution in [0.5, 0.6) is 17.2 Å². The predicted molar refractivity (Wildman–Crippen MR) is 136 cm³/mol. The first kappa shape index (κ1) is 24.7. The molecule has 9 nitrogen and oxygen atoms in total. The molecule has 9 heteroatoms. The van der Waals surface area contributed by atoms with Gasteiger partial charge in [-0.05, 0) is 59.6 Å². The number of methoxy groups -OCH3 is 1. The first-order chi connectivity index (χ1) is 17.7. The zero-order valence-corrected chi connectivity index (χ0v) is 19.8. The fraction of sp³-hybridized carbons (Fsp3) is 0.222. The Morgan fingerprint density at radius 1 is 0.917 bits per heavy atom. The molecule has 0 atom stereocenters. The maximum absolute atomic E-state index is 13.3. The Bertz CT molecular complexity index is 1410. The summed E-state index contributed by atoms with van der Waals surface area (Å²) in [7, 11) is 1.60. The van der Waals surface area contributed by atoms with Gasteiger partial charge in [-0.2, -0.15) is 0 Å². The average Bonchev–Trinajstić information content (AvgIpc) is 2.92. The van der Waals surface area contributed by atoms with Gasteiger partial charge in [-0.1, -0.05) is 29.4 Å². The van der Waals surface area contributed by atoms with Gasteiger partial charge in [-0.25, -0.2) is 0 Å². The van der Waals surface area contributed by atoms with Gasteiger partial charge < -0.3 is 23.4 Å². The summed E-state index contributed by atoms with van der Waals surface area (Å²) < 4.78 is 28.5. The highest BCUT2D eigenvalue weighted by molar-refractivity contribution is 5.82. The van der Waals surface area contributed by atoms with Crippen molar-refractivity contribution >= 4 is 11.0 Å². The molecule has 4 aromatic rings. The molecule has 0 N–H and O–H groups in total. The molecule has 1 aromatic heterocycles. The van der Waals surface area contributed by atoms with E-state index in [0.29, 0.717) is 53.6 Å². The van der Waals surface area contributed by atoms with Crippen molar-refractivity contribution in [3.05, 3.63) is 99.0 Å². The van der Waals surface area contributed by atoms with Gasteiger partial charge in [0.2, 0.25) is 11.2 Å². The quantitative estimate of drug-likeness (QED) is 0.109. The van der Waals surface area contributed by atoms with Crippen LogP contribution in [0.15, 0.2) is 87.1 Å². The van der Waals surface area contributed by atoms with Crippen LogP contribution in [0.2, 0.25) is 0 Å². The van der Waals surface area contributed by atoms with Crippen LogP contribution in [0.4, 0.5) is 0 Å². The van der Waals surface area contributed by atoms with Crippen molar-refractivity contribution in [3.8, 4) is 28.6 Å². The Labute approximate surface area is 207 Å². The molecular formula is C27H25N3O6. The van der Waals surface area contributed by atoms with Crippen LogP contribution in [0.3, 0.4) is 0 Å². The van der Waals surface area contributed by atoms with Crippen LogP contribution in [0.25, 0.3) is 32.7 Å². The normalized spacial score (nSPS) is 10.6. The molecule has 4 rings (SSSR count). The minimum absolute atomic E-state index is 0.138. The number of para-hydroxylation sites is 1. The fourth-order valence-corrected chi connectivity index (χ4v) is 3.54. The van der Waals surface area contributed by atoms with Gasteiger partial charge in [0.1, 0.15) is 30.3 Å². The van der Waals surface area contributed by atoms with Crippen LogP contribution in [-0.4, -0.2) is 33.5 Å². The third-order valence-electron chi connectivity index (χ3n) is 5.29. The lowest BCUT2D eigenvalue weighted by molar-refractivity contribution is 0.106. The highest BCUT2D eigenvalue weighted by atomic mass is 16.5. The van der Waals surface area contributed by atoms with Crippen molar-refractivity contribution in [2.75, 3.05) is 33.5 Å². The second kappa shape index (κ2) is 12.3. The van der Waals surface area contributed by atoms with Crippen molar-refractivity contribution in [2.24, 2.45) is 5.11 Å². The molecule has 0 aliphatic carbocycles. The van der Waals surface area contributed by atoms with Crippen LogP contribution in [0, 0.1) is 0 Å². The second-order valence-electron chi connectivity index (χ2n) is 7.67. The number of azide groups is 1. The first-order valence-electron chi connectivity index (χ1n) is 11.3. The van der Waals surface area contributed by atoms with Gasteiger partial charge in [0, 0.05) is 17.0 Å². The highest BCUT2D eigenvalue weighted by Crippen LogP contribution is 2.32. The molecule has 1 heterocycles. The van der Waals surface area contributed by atoms with E-state index in [-0.39, 0.29) is 24.3 Å². The number of ether oxygens (including phenoxy) is 4. The van der Waals surface area contributed by atoms with E-state index in [9.17, 15) is 4.79 Å². The van der Waals surface area contributed by atoms with Crippen molar-refractivity contribution in [3.63, 3.8) is 0 Å². The molecule has 0 bridgehead atoms. The topological polar surface area (TPSA) is 116 Å². The van der Waals surface area contributed by atoms with Crippen molar-refractivity contribution in [2.45, 2.75) is 6.61 Å². The SMILES string of the molecule is COc1cccc(COc2c(-c3ccc(OCCOCCN=[N+]=[N-])cc3)oc3ccccc3c2=O)c1. The molecule has 3 aromatic carbocycles. The smallest absolute Gasteiger partial charge is 0.235 e. The van der Waals surface area contributed by atoms with Gasteiger partial charge in [-0.3, -0.25) is 4.79 Å². The second-order valence-corrected chi connectivity index (χ2v) is 7.67. The maximum Gasteiger partial charge on any atom is 0.235 e. The molecule has 0 saturated heterocycles. The van der Waals surface area contributed by atoms with E-state index in [1.54, 1.807) is 37.4 Å². The summed E-state index contributed by atoms with van der Waals surface area (Å²) in [6, 6.07) is 21.7. The molecule has 0 radical (unpaired) electrons. The number of benzene rings is 3. The van der Waals surface area contributed by atoms with Gasteiger partial charge >= 0.3 is 0 Å². The Kier molecular flexibility index (Phi) is 8.43. The van der Waals surface area contributed by atoms with Crippen LogP contribution in [0.1, 0.15) is 5.56 Å². The molecule has 36 heavy (non-hydrogen) atoms. The van der Waals surface area contributed by atoms with Crippen molar-refractivity contribution in [1.82, 2.24) is 0 Å². The summed E-state index contributed by atoms with van der Waals surface area (Å²) in [5.74, 6) is 1.83.